The summed E-state index contributed by atoms with van der Waals surface area (Å²) in [4.78, 5) is 0. The first-order valence-electron chi connectivity index (χ1n) is 10.8. The van der Waals surface area contributed by atoms with E-state index in [-0.39, 0.29) is 24.0 Å². The quantitative estimate of drug-likeness (QED) is 0.524. The summed E-state index contributed by atoms with van der Waals surface area (Å²) >= 11 is 0. The van der Waals surface area contributed by atoms with Crippen LogP contribution < -0.4 is 0 Å². The number of benzene rings is 1. The topological polar surface area (TPSA) is 38.7 Å². The maximum absolute atomic E-state index is 10.1. The van der Waals surface area contributed by atoms with Crippen molar-refractivity contribution in [3.63, 3.8) is 0 Å². The fraction of sp³-hybridized carbons (Fsp3) is 0.739. The first-order valence-corrected chi connectivity index (χ1v) is 13.3. The van der Waals surface area contributed by atoms with Crippen molar-refractivity contribution in [2.75, 3.05) is 13.2 Å². The van der Waals surface area contributed by atoms with Crippen LogP contribution in [-0.4, -0.2) is 32.7 Å². The molecule has 0 spiro atoms. The van der Waals surface area contributed by atoms with Crippen LogP contribution in [0.5, 0.6) is 0 Å². The molecule has 1 saturated carbocycles. The van der Waals surface area contributed by atoms with E-state index in [2.05, 4.69) is 58.9 Å². The van der Waals surface area contributed by atoms with Crippen molar-refractivity contribution in [1.82, 2.24) is 0 Å². The first-order chi connectivity index (χ1) is 12.9. The lowest BCUT2D eigenvalue weighted by Gasteiger charge is -2.48. The molecule has 3 atom stereocenters. The predicted molar refractivity (Wildman–Crippen MR) is 115 cm³/mol. The van der Waals surface area contributed by atoms with E-state index in [1.165, 1.54) is 5.56 Å². The van der Waals surface area contributed by atoms with Gasteiger partial charge in [0, 0.05) is 18.4 Å². The molecule has 0 aromatic heterocycles. The Morgan fingerprint density at radius 2 is 1.59 bits per heavy atom. The smallest absolute Gasteiger partial charge is 0.192 e. The van der Waals surface area contributed by atoms with Crippen LogP contribution in [0.15, 0.2) is 30.3 Å². The van der Waals surface area contributed by atoms with E-state index in [1.807, 2.05) is 6.07 Å². The van der Waals surface area contributed by atoms with Gasteiger partial charge < -0.3 is 14.3 Å². The van der Waals surface area contributed by atoms with Crippen LogP contribution in [0.1, 0.15) is 53.0 Å². The molecule has 0 aliphatic heterocycles. The molecular formula is C23H40O3Si. The van der Waals surface area contributed by atoms with Gasteiger partial charge >= 0.3 is 0 Å². The summed E-state index contributed by atoms with van der Waals surface area (Å²) in [5.74, 6) is 0.571. The first kappa shape index (κ1) is 22.6. The SMILES string of the molecule is CC[Si](CC)(CC)O[C@@H]1[C@H](CO)CC(C)(C)C[C@@H]1COCc1ccccc1. The maximum Gasteiger partial charge on any atom is 0.192 e. The van der Waals surface area contributed by atoms with Crippen LogP contribution in [0, 0.1) is 17.3 Å². The minimum atomic E-state index is -1.72. The summed E-state index contributed by atoms with van der Waals surface area (Å²) in [6.07, 6.45) is 2.26. The van der Waals surface area contributed by atoms with Gasteiger partial charge in [0.05, 0.1) is 19.3 Å². The van der Waals surface area contributed by atoms with Crippen molar-refractivity contribution in [2.24, 2.45) is 17.3 Å². The lowest BCUT2D eigenvalue weighted by atomic mass is 9.66. The van der Waals surface area contributed by atoms with Gasteiger partial charge in [-0.15, -0.1) is 0 Å². The molecule has 27 heavy (non-hydrogen) atoms. The molecule has 1 aliphatic rings. The zero-order valence-corrected chi connectivity index (χ0v) is 19.0. The molecule has 4 heteroatoms. The average Bonchev–Trinajstić information content (AvgIpc) is 2.68. The second-order valence-electron chi connectivity index (χ2n) is 9.10. The Bertz CT molecular complexity index is 534. The zero-order valence-electron chi connectivity index (χ0n) is 18.0. The van der Waals surface area contributed by atoms with Crippen molar-refractivity contribution in [3.05, 3.63) is 35.9 Å². The standard InChI is InChI=1S/C23H40O3Si/c1-6-27(7-2,8-3)26-22-20(16-24)14-23(4,5)15-21(22)18-25-17-19-12-10-9-11-13-19/h9-13,20-22,24H,6-8,14-18H2,1-5H3/t20-,21+,22+/m0/s1. The summed E-state index contributed by atoms with van der Waals surface area (Å²) in [7, 11) is -1.72. The molecule has 0 heterocycles. The zero-order chi connectivity index (χ0) is 19.9. The fourth-order valence-electron chi connectivity index (χ4n) is 4.83. The average molecular weight is 393 g/mol. The van der Waals surface area contributed by atoms with Gasteiger partial charge in [-0.3, -0.25) is 0 Å². The van der Waals surface area contributed by atoms with Gasteiger partial charge in [-0.25, -0.2) is 0 Å². The second kappa shape index (κ2) is 10.2. The number of aliphatic hydroxyl groups excluding tert-OH is 1. The molecule has 1 aromatic rings. The second-order valence-corrected chi connectivity index (χ2v) is 13.8. The van der Waals surface area contributed by atoms with Crippen LogP contribution in [0.4, 0.5) is 0 Å². The minimum absolute atomic E-state index is 0.130. The molecule has 0 saturated heterocycles. The van der Waals surface area contributed by atoms with Crippen molar-refractivity contribution in [2.45, 2.75) is 78.3 Å². The Kier molecular flexibility index (Phi) is 8.54. The van der Waals surface area contributed by atoms with E-state index in [4.69, 9.17) is 9.16 Å². The van der Waals surface area contributed by atoms with Crippen molar-refractivity contribution in [3.8, 4) is 0 Å². The molecule has 1 N–H and O–H groups in total. The fourth-order valence-corrected chi connectivity index (χ4v) is 7.79. The Labute approximate surface area is 167 Å². The van der Waals surface area contributed by atoms with Crippen molar-refractivity contribution >= 4 is 8.32 Å². The van der Waals surface area contributed by atoms with Gasteiger partial charge in [0.25, 0.3) is 0 Å². The van der Waals surface area contributed by atoms with Crippen LogP contribution in [0.3, 0.4) is 0 Å². The Morgan fingerprint density at radius 3 is 2.15 bits per heavy atom. The van der Waals surface area contributed by atoms with E-state index < -0.39 is 8.32 Å². The number of aliphatic hydroxyl groups is 1. The Hall–Kier alpha value is -0.683. The van der Waals surface area contributed by atoms with Gasteiger partial charge in [-0.1, -0.05) is 65.0 Å². The molecule has 1 aliphatic carbocycles. The summed E-state index contributed by atoms with van der Waals surface area (Å²) in [5, 5.41) is 10.1. The summed E-state index contributed by atoms with van der Waals surface area (Å²) in [5.41, 5.74) is 1.44. The molecule has 1 fully saturated rings. The van der Waals surface area contributed by atoms with E-state index in [0.29, 0.717) is 19.1 Å². The van der Waals surface area contributed by atoms with E-state index in [1.54, 1.807) is 0 Å². The third-order valence-electron chi connectivity index (χ3n) is 6.56. The summed E-state index contributed by atoms with van der Waals surface area (Å²) < 4.78 is 13.1. The van der Waals surface area contributed by atoms with Crippen LogP contribution in [0.2, 0.25) is 18.1 Å². The third kappa shape index (κ3) is 6.15. The highest BCUT2D eigenvalue weighted by atomic mass is 28.4. The van der Waals surface area contributed by atoms with Crippen LogP contribution in [-0.2, 0) is 15.8 Å². The molecule has 0 unspecified atom stereocenters. The summed E-state index contributed by atoms with van der Waals surface area (Å²) in [6.45, 7) is 13.0. The Balaban J connectivity index is 2.11. The van der Waals surface area contributed by atoms with Gasteiger partial charge in [-0.05, 0) is 42.0 Å². The number of rotatable bonds is 10. The van der Waals surface area contributed by atoms with Gasteiger partial charge in [-0.2, -0.15) is 0 Å². The lowest BCUT2D eigenvalue weighted by Crippen LogP contribution is -2.51. The molecule has 0 bridgehead atoms. The Morgan fingerprint density at radius 1 is 1.00 bits per heavy atom. The molecule has 154 valence electrons. The summed E-state index contributed by atoms with van der Waals surface area (Å²) in [6, 6.07) is 13.8. The third-order valence-corrected chi connectivity index (χ3v) is 11.2. The van der Waals surface area contributed by atoms with Crippen LogP contribution >= 0.6 is 0 Å². The molecule has 0 radical (unpaired) electrons. The predicted octanol–water partition coefficient (Wildman–Crippen LogP) is 5.64. The van der Waals surface area contributed by atoms with Gasteiger partial charge in [0.15, 0.2) is 8.32 Å². The van der Waals surface area contributed by atoms with Crippen LogP contribution in [0.25, 0.3) is 0 Å². The van der Waals surface area contributed by atoms with Gasteiger partial charge in [0.1, 0.15) is 0 Å². The van der Waals surface area contributed by atoms with Crippen molar-refractivity contribution < 1.29 is 14.3 Å². The van der Waals surface area contributed by atoms with Gasteiger partial charge in [0.2, 0.25) is 0 Å². The molecule has 0 amide bonds. The lowest BCUT2D eigenvalue weighted by molar-refractivity contribution is -0.0706. The number of ether oxygens (including phenoxy) is 1. The highest BCUT2D eigenvalue weighted by molar-refractivity contribution is 6.73. The van der Waals surface area contributed by atoms with Crippen molar-refractivity contribution in [1.29, 1.82) is 0 Å². The molecular weight excluding hydrogens is 352 g/mol. The highest BCUT2D eigenvalue weighted by Gasteiger charge is 2.45. The molecule has 1 aromatic carbocycles. The van der Waals surface area contributed by atoms with E-state index in [0.717, 1.165) is 31.0 Å². The normalized spacial score (nSPS) is 25.5. The number of hydrogen-bond donors (Lipinski definition) is 1. The van der Waals surface area contributed by atoms with E-state index in [9.17, 15) is 5.11 Å². The molecule has 3 nitrogen and oxygen atoms in total. The largest absolute Gasteiger partial charge is 0.413 e. The molecule has 2 rings (SSSR count). The minimum Gasteiger partial charge on any atom is -0.413 e. The van der Waals surface area contributed by atoms with E-state index >= 15 is 0 Å². The number of hydrogen-bond acceptors (Lipinski definition) is 3. The highest BCUT2D eigenvalue weighted by Crippen LogP contribution is 2.45. The maximum atomic E-state index is 10.1. The monoisotopic (exact) mass is 392 g/mol.